The summed E-state index contributed by atoms with van der Waals surface area (Å²) in [5.74, 6) is 2.09. The quantitative estimate of drug-likeness (QED) is 0.329. The monoisotopic (exact) mass is 532 g/mol. The highest BCUT2D eigenvalue weighted by atomic mass is 127. The molecule has 30 heavy (non-hydrogen) atoms. The molecule has 1 unspecified atom stereocenters. The second kappa shape index (κ2) is 12.9. The van der Waals surface area contributed by atoms with Gasteiger partial charge in [-0.15, -0.1) is 24.0 Å². The number of likely N-dealkylation sites (tertiary alicyclic amines) is 1. The molecule has 8 heteroatoms. The number of amides is 1. The Hall–Kier alpha value is -1.71. The summed E-state index contributed by atoms with van der Waals surface area (Å²) < 4.78 is 10.8. The first-order chi connectivity index (χ1) is 13.8. The molecule has 1 aliphatic rings. The van der Waals surface area contributed by atoms with E-state index in [0.717, 1.165) is 56.2 Å². The molecule has 1 heterocycles. The van der Waals surface area contributed by atoms with Gasteiger partial charge in [0.15, 0.2) is 5.96 Å². The molecule has 1 aliphatic heterocycles. The number of nitrogens with one attached hydrogen (secondary N) is 2. The molecule has 2 N–H and O–H groups in total. The van der Waals surface area contributed by atoms with Crippen molar-refractivity contribution in [2.75, 3.05) is 33.8 Å². The van der Waals surface area contributed by atoms with Crippen LogP contribution in [0.2, 0.25) is 0 Å². The van der Waals surface area contributed by atoms with E-state index < -0.39 is 5.60 Å². The molecule has 170 valence electrons. The number of benzene rings is 1. The van der Waals surface area contributed by atoms with E-state index in [1.54, 1.807) is 14.2 Å². The SMILES string of the molecule is CN=C(NCCC1CCCN(C(=O)OC(C)(C)C)C1)NCc1cccc(OC)c1.I. The lowest BCUT2D eigenvalue weighted by Crippen LogP contribution is -2.44. The molecule has 1 aromatic carbocycles. The van der Waals surface area contributed by atoms with Crippen LogP contribution in [0.5, 0.6) is 5.75 Å². The predicted molar refractivity (Wildman–Crippen MR) is 132 cm³/mol. The first-order valence-electron chi connectivity index (χ1n) is 10.4. The van der Waals surface area contributed by atoms with Crippen LogP contribution in [0.4, 0.5) is 4.79 Å². The molecule has 0 saturated carbocycles. The van der Waals surface area contributed by atoms with E-state index in [1.807, 2.05) is 43.9 Å². The third-order valence-electron chi connectivity index (χ3n) is 4.83. The van der Waals surface area contributed by atoms with Crippen molar-refractivity contribution in [2.45, 2.75) is 52.2 Å². The second-order valence-electron chi connectivity index (χ2n) is 8.43. The van der Waals surface area contributed by atoms with Gasteiger partial charge in [-0.3, -0.25) is 4.99 Å². The van der Waals surface area contributed by atoms with Gasteiger partial charge >= 0.3 is 6.09 Å². The number of piperidine rings is 1. The molecular formula is C22H37IN4O3. The standard InChI is InChI=1S/C22H36N4O3.HI/c1-22(2,3)29-21(27)26-13-7-9-17(16-26)11-12-24-20(23-4)25-15-18-8-6-10-19(14-18)28-5;/h6,8,10,14,17H,7,9,11-13,15-16H2,1-5H3,(H2,23,24,25);1H. The maximum Gasteiger partial charge on any atom is 0.410 e. The number of aliphatic imine (C=N–C) groups is 1. The van der Waals surface area contributed by atoms with Crippen LogP contribution in [0, 0.1) is 5.92 Å². The molecule has 0 radical (unpaired) electrons. The summed E-state index contributed by atoms with van der Waals surface area (Å²) in [4.78, 5) is 18.4. The zero-order chi connectivity index (χ0) is 21.3. The number of carbonyl (C=O) groups excluding carboxylic acids is 1. The molecule has 0 aliphatic carbocycles. The van der Waals surface area contributed by atoms with Gasteiger partial charge < -0.3 is 25.0 Å². The summed E-state index contributed by atoms with van der Waals surface area (Å²) in [5, 5.41) is 6.70. The Morgan fingerprint density at radius 3 is 2.73 bits per heavy atom. The highest BCUT2D eigenvalue weighted by Gasteiger charge is 2.27. The highest BCUT2D eigenvalue weighted by Crippen LogP contribution is 2.21. The van der Waals surface area contributed by atoms with Crippen molar-refractivity contribution >= 4 is 36.0 Å². The van der Waals surface area contributed by atoms with Gasteiger partial charge in [0, 0.05) is 33.2 Å². The van der Waals surface area contributed by atoms with Gasteiger partial charge in [0.25, 0.3) is 0 Å². The van der Waals surface area contributed by atoms with E-state index in [0.29, 0.717) is 12.5 Å². The van der Waals surface area contributed by atoms with E-state index in [-0.39, 0.29) is 30.1 Å². The lowest BCUT2D eigenvalue weighted by atomic mass is 9.95. The Labute approximate surface area is 198 Å². The number of rotatable bonds is 6. The smallest absolute Gasteiger partial charge is 0.410 e. The molecule has 0 aromatic heterocycles. The van der Waals surface area contributed by atoms with Crippen molar-refractivity contribution in [3.8, 4) is 5.75 Å². The fourth-order valence-corrected chi connectivity index (χ4v) is 3.38. The Kier molecular flexibility index (Phi) is 11.3. The van der Waals surface area contributed by atoms with Gasteiger partial charge in [-0.1, -0.05) is 12.1 Å². The fourth-order valence-electron chi connectivity index (χ4n) is 3.38. The van der Waals surface area contributed by atoms with Crippen LogP contribution in [0.15, 0.2) is 29.3 Å². The summed E-state index contributed by atoms with van der Waals surface area (Å²) in [7, 11) is 3.44. The molecule has 2 rings (SSSR count). The fraction of sp³-hybridized carbons (Fsp3) is 0.636. The van der Waals surface area contributed by atoms with E-state index in [1.165, 1.54) is 0 Å². The molecule has 1 aromatic rings. The van der Waals surface area contributed by atoms with Crippen molar-refractivity contribution in [1.29, 1.82) is 0 Å². The van der Waals surface area contributed by atoms with Crippen LogP contribution >= 0.6 is 24.0 Å². The summed E-state index contributed by atoms with van der Waals surface area (Å²) in [6.45, 7) is 8.73. The summed E-state index contributed by atoms with van der Waals surface area (Å²) in [6.07, 6.45) is 2.94. The van der Waals surface area contributed by atoms with Crippen molar-refractivity contribution in [3.63, 3.8) is 0 Å². The largest absolute Gasteiger partial charge is 0.497 e. The van der Waals surface area contributed by atoms with Gasteiger partial charge in [-0.2, -0.15) is 0 Å². The van der Waals surface area contributed by atoms with Gasteiger partial charge in [-0.25, -0.2) is 4.79 Å². The van der Waals surface area contributed by atoms with Crippen molar-refractivity contribution in [1.82, 2.24) is 15.5 Å². The van der Waals surface area contributed by atoms with Crippen molar-refractivity contribution < 1.29 is 14.3 Å². The number of hydrogen-bond donors (Lipinski definition) is 2. The summed E-state index contributed by atoms with van der Waals surface area (Å²) in [5.41, 5.74) is 0.680. The van der Waals surface area contributed by atoms with Crippen molar-refractivity contribution in [3.05, 3.63) is 29.8 Å². The molecule has 1 fully saturated rings. The maximum atomic E-state index is 12.3. The first kappa shape index (κ1) is 26.3. The molecule has 1 amide bonds. The van der Waals surface area contributed by atoms with E-state index >= 15 is 0 Å². The predicted octanol–water partition coefficient (Wildman–Crippen LogP) is 4.02. The van der Waals surface area contributed by atoms with Crippen LogP contribution in [0.1, 0.15) is 45.6 Å². The first-order valence-corrected chi connectivity index (χ1v) is 10.4. The average Bonchev–Trinajstić information content (AvgIpc) is 2.69. The number of ether oxygens (including phenoxy) is 2. The highest BCUT2D eigenvalue weighted by molar-refractivity contribution is 14.0. The number of hydrogen-bond acceptors (Lipinski definition) is 4. The Bertz CT molecular complexity index is 691. The topological polar surface area (TPSA) is 75.2 Å². The molecule has 0 bridgehead atoms. The minimum atomic E-state index is -0.452. The number of halogens is 1. The summed E-state index contributed by atoms with van der Waals surface area (Å²) >= 11 is 0. The third kappa shape index (κ3) is 9.40. The second-order valence-corrected chi connectivity index (χ2v) is 8.43. The molecule has 1 saturated heterocycles. The average molecular weight is 532 g/mol. The van der Waals surface area contributed by atoms with E-state index in [2.05, 4.69) is 21.7 Å². The molecule has 0 spiro atoms. The van der Waals surface area contributed by atoms with Crippen molar-refractivity contribution in [2.24, 2.45) is 10.9 Å². The van der Waals surface area contributed by atoms with Gasteiger partial charge in [-0.05, 0) is 63.6 Å². The number of methoxy groups -OCH3 is 1. The van der Waals surface area contributed by atoms with E-state index in [4.69, 9.17) is 9.47 Å². The van der Waals surface area contributed by atoms with Crippen LogP contribution < -0.4 is 15.4 Å². The van der Waals surface area contributed by atoms with Gasteiger partial charge in [0.05, 0.1) is 7.11 Å². The van der Waals surface area contributed by atoms with Crippen LogP contribution in [0.3, 0.4) is 0 Å². The lowest BCUT2D eigenvalue weighted by Gasteiger charge is -2.34. The zero-order valence-electron chi connectivity index (χ0n) is 18.9. The van der Waals surface area contributed by atoms with Crippen LogP contribution in [-0.4, -0.2) is 56.3 Å². The molecule has 7 nitrogen and oxygen atoms in total. The normalized spacial score (nSPS) is 17.0. The Morgan fingerprint density at radius 1 is 1.30 bits per heavy atom. The molecular weight excluding hydrogens is 495 g/mol. The third-order valence-corrected chi connectivity index (χ3v) is 4.83. The molecule has 1 atom stereocenters. The number of guanidine groups is 1. The van der Waals surface area contributed by atoms with Gasteiger partial charge in [0.2, 0.25) is 0 Å². The minimum Gasteiger partial charge on any atom is -0.497 e. The Morgan fingerprint density at radius 2 is 2.07 bits per heavy atom. The Balaban J connectivity index is 0.00000450. The van der Waals surface area contributed by atoms with Crippen LogP contribution in [-0.2, 0) is 11.3 Å². The zero-order valence-corrected chi connectivity index (χ0v) is 21.2. The van der Waals surface area contributed by atoms with Crippen LogP contribution in [0.25, 0.3) is 0 Å². The number of nitrogens with zero attached hydrogens (tertiary/aromatic N) is 2. The summed E-state index contributed by atoms with van der Waals surface area (Å²) in [6, 6.07) is 7.97. The maximum absolute atomic E-state index is 12.3. The minimum absolute atomic E-state index is 0. The van der Waals surface area contributed by atoms with Gasteiger partial charge in [0.1, 0.15) is 11.4 Å². The number of carbonyl (C=O) groups is 1. The van der Waals surface area contributed by atoms with E-state index in [9.17, 15) is 4.79 Å². The lowest BCUT2D eigenvalue weighted by molar-refractivity contribution is 0.0162.